The predicted molar refractivity (Wildman–Crippen MR) is 57.7 cm³/mol. The molecular formula is C11H13NO4. The summed E-state index contributed by atoms with van der Waals surface area (Å²) in [6, 6.07) is 8.54. The Morgan fingerprint density at radius 1 is 1.38 bits per heavy atom. The van der Waals surface area contributed by atoms with Crippen LogP contribution < -0.4 is 5.32 Å². The van der Waals surface area contributed by atoms with Crippen molar-refractivity contribution in [3.63, 3.8) is 0 Å². The van der Waals surface area contributed by atoms with Crippen LogP contribution in [0.15, 0.2) is 30.3 Å². The smallest absolute Gasteiger partial charge is 0.344 e. The van der Waals surface area contributed by atoms with Crippen LogP contribution in [0, 0.1) is 0 Å². The molecule has 2 N–H and O–H groups in total. The molecule has 0 saturated heterocycles. The van der Waals surface area contributed by atoms with E-state index in [2.05, 4.69) is 10.1 Å². The summed E-state index contributed by atoms with van der Waals surface area (Å²) in [5.41, 5.74) is 0.510. The Balaban J connectivity index is 2.56. The van der Waals surface area contributed by atoms with Crippen molar-refractivity contribution in [3.8, 4) is 0 Å². The van der Waals surface area contributed by atoms with Gasteiger partial charge in [-0.3, -0.25) is 4.79 Å². The van der Waals surface area contributed by atoms with Gasteiger partial charge in [0.15, 0.2) is 0 Å². The quantitative estimate of drug-likeness (QED) is 0.577. The van der Waals surface area contributed by atoms with Gasteiger partial charge in [0.1, 0.15) is 0 Å². The van der Waals surface area contributed by atoms with Crippen LogP contribution in [0.25, 0.3) is 0 Å². The summed E-state index contributed by atoms with van der Waals surface area (Å²) >= 11 is 0. The van der Waals surface area contributed by atoms with Crippen LogP contribution in [0.3, 0.4) is 0 Å². The van der Waals surface area contributed by atoms with Crippen molar-refractivity contribution in [1.29, 1.82) is 0 Å². The molecule has 0 heterocycles. The zero-order chi connectivity index (χ0) is 12.0. The van der Waals surface area contributed by atoms with E-state index in [-0.39, 0.29) is 6.61 Å². The van der Waals surface area contributed by atoms with E-state index in [0.29, 0.717) is 5.69 Å². The van der Waals surface area contributed by atoms with Gasteiger partial charge in [-0.05, 0) is 19.1 Å². The van der Waals surface area contributed by atoms with Gasteiger partial charge in [-0.15, -0.1) is 0 Å². The average Bonchev–Trinajstić information content (AvgIpc) is 2.29. The van der Waals surface area contributed by atoms with Crippen molar-refractivity contribution in [1.82, 2.24) is 0 Å². The van der Waals surface area contributed by atoms with Gasteiger partial charge in [0.05, 0.1) is 6.61 Å². The second kappa shape index (κ2) is 5.87. The molecule has 5 nitrogen and oxygen atoms in total. The maximum Gasteiger partial charge on any atom is 0.344 e. The van der Waals surface area contributed by atoms with Crippen LogP contribution in [-0.2, 0) is 14.3 Å². The second-order valence-corrected chi connectivity index (χ2v) is 3.01. The molecule has 1 rings (SSSR count). The SMILES string of the molecule is CCOC(=O)C(O)C(=O)Nc1ccccc1. The van der Waals surface area contributed by atoms with Crippen LogP contribution in [0.4, 0.5) is 5.69 Å². The molecule has 1 aromatic rings. The molecule has 1 atom stereocenters. The van der Waals surface area contributed by atoms with Crippen molar-refractivity contribution in [2.45, 2.75) is 13.0 Å². The molecule has 5 heteroatoms. The maximum atomic E-state index is 11.4. The zero-order valence-corrected chi connectivity index (χ0v) is 8.84. The van der Waals surface area contributed by atoms with E-state index in [4.69, 9.17) is 0 Å². The van der Waals surface area contributed by atoms with Gasteiger partial charge in [-0.2, -0.15) is 0 Å². The third-order valence-electron chi connectivity index (χ3n) is 1.80. The normalized spacial score (nSPS) is 11.6. The van der Waals surface area contributed by atoms with Gasteiger partial charge in [0.2, 0.25) is 6.10 Å². The number of benzene rings is 1. The summed E-state index contributed by atoms with van der Waals surface area (Å²) in [5, 5.41) is 11.7. The first-order chi connectivity index (χ1) is 7.65. The van der Waals surface area contributed by atoms with Crippen LogP contribution in [0.5, 0.6) is 0 Å². The van der Waals surface area contributed by atoms with Crippen molar-refractivity contribution in [3.05, 3.63) is 30.3 Å². The standard InChI is InChI=1S/C11H13NO4/c1-2-16-11(15)9(13)10(14)12-8-6-4-3-5-7-8/h3-7,9,13H,2H2,1H3,(H,12,14). The fraction of sp³-hybridized carbons (Fsp3) is 0.273. The Morgan fingerprint density at radius 3 is 2.56 bits per heavy atom. The number of hydrogen-bond acceptors (Lipinski definition) is 4. The average molecular weight is 223 g/mol. The first-order valence-electron chi connectivity index (χ1n) is 4.85. The van der Waals surface area contributed by atoms with E-state index in [1.165, 1.54) is 0 Å². The summed E-state index contributed by atoms with van der Waals surface area (Å²) in [4.78, 5) is 22.4. The lowest BCUT2D eigenvalue weighted by Gasteiger charge is -2.09. The van der Waals surface area contributed by atoms with E-state index in [1.807, 2.05) is 0 Å². The second-order valence-electron chi connectivity index (χ2n) is 3.01. The Bertz CT molecular complexity index is 364. The number of nitrogens with one attached hydrogen (secondary N) is 1. The Kier molecular flexibility index (Phi) is 4.47. The van der Waals surface area contributed by atoms with Crippen molar-refractivity contribution in [2.75, 3.05) is 11.9 Å². The molecule has 0 aliphatic carbocycles. The summed E-state index contributed by atoms with van der Waals surface area (Å²) in [6.07, 6.45) is -1.79. The van der Waals surface area contributed by atoms with Crippen molar-refractivity contribution < 1.29 is 19.4 Å². The van der Waals surface area contributed by atoms with Gasteiger partial charge < -0.3 is 15.2 Å². The number of anilines is 1. The van der Waals surface area contributed by atoms with Crippen LogP contribution >= 0.6 is 0 Å². The highest BCUT2D eigenvalue weighted by molar-refractivity contribution is 6.07. The molecule has 0 aliphatic rings. The molecule has 86 valence electrons. The van der Waals surface area contributed by atoms with Crippen LogP contribution in [-0.4, -0.2) is 29.7 Å². The van der Waals surface area contributed by atoms with Crippen molar-refractivity contribution >= 4 is 17.6 Å². The van der Waals surface area contributed by atoms with E-state index < -0.39 is 18.0 Å². The highest BCUT2D eigenvalue weighted by Gasteiger charge is 2.24. The Labute approximate surface area is 93.0 Å². The molecule has 0 aliphatic heterocycles. The minimum Gasteiger partial charge on any atom is -0.464 e. The third-order valence-corrected chi connectivity index (χ3v) is 1.80. The lowest BCUT2D eigenvalue weighted by molar-refractivity contribution is -0.156. The molecule has 0 saturated carbocycles. The van der Waals surface area contributed by atoms with Crippen molar-refractivity contribution in [2.24, 2.45) is 0 Å². The van der Waals surface area contributed by atoms with Gasteiger partial charge in [-0.1, -0.05) is 18.2 Å². The number of para-hydroxylation sites is 1. The topological polar surface area (TPSA) is 75.6 Å². The molecule has 0 aromatic heterocycles. The van der Waals surface area contributed by atoms with Crippen LogP contribution in [0.1, 0.15) is 6.92 Å². The highest BCUT2D eigenvalue weighted by Crippen LogP contribution is 2.05. The molecule has 1 unspecified atom stereocenters. The molecule has 0 bridgehead atoms. The summed E-state index contributed by atoms with van der Waals surface area (Å²) in [6.45, 7) is 1.72. The molecular weight excluding hydrogens is 210 g/mol. The molecule has 0 spiro atoms. The lowest BCUT2D eigenvalue weighted by atomic mass is 10.3. The number of aliphatic hydroxyl groups excluding tert-OH is 1. The number of rotatable bonds is 4. The molecule has 0 fully saturated rings. The molecule has 1 amide bonds. The Morgan fingerprint density at radius 2 is 2.00 bits per heavy atom. The number of amides is 1. The van der Waals surface area contributed by atoms with Crippen LogP contribution in [0.2, 0.25) is 0 Å². The Hall–Kier alpha value is -1.88. The molecule has 1 aromatic carbocycles. The largest absolute Gasteiger partial charge is 0.464 e. The number of carbonyl (C=O) groups excluding carboxylic acids is 2. The van der Waals surface area contributed by atoms with E-state index in [9.17, 15) is 14.7 Å². The lowest BCUT2D eigenvalue weighted by Crippen LogP contribution is -2.36. The maximum absolute atomic E-state index is 11.4. The first kappa shape index (κ1) is 12.2. The third kappa shape index (κ3) is 3.36. The predicted octanol–water partition coefficient (Wildman–Crippen LogP) is 0.549. The number of carbonyl (C=O) groups is 2. The number of hydrogen-bond donors (Lipinski definition) is 2. The van der Waals surface area contributed by atoms with Gasteiger partial charge in [0, 0.05) is 5.69 Å². The number of esters is 1. The summed E-state index contributed by atoms with van der Waals surface area (Å²) in [7, 11) is 0. The monoisotopic (exact) mass is 223 g/mol. The minimum atomic E-state index is -1.79. The van der Waals surface area contributed by atoms with Gasteiger partial charge in [-0.25, -0.2) is 4.79 Å². The van der Waals surface area contributed by atoms with E-state index >= 15 is 0 Å². The fourth-order valence-electron chi connectivity index (χ4n) is 1.06. The number of aliphatic hydroxyl groups is 1. The molecule has 0 radical (unpaired) electrons. The summed E-state index contributed by atoms with van der Waals surface area (Å²) in [5.74, 6) is -1.75. The molecule has 16 heavy (non-hydrogen) atoms. The first-order valence-corrected chi connectivity index (χ1v) is 4.85. The number of ether oxygens (including phenoxy) is 1. The zero-order valence-electron chi connectivity index (χ0n) is 8.84. The van der Waals surface area contributed by atoms with E-state index in [1.54, 1.807) is 37.3 Å². The minimum absolute atomic E-state index is 0.120. The summed E-state index contributed by atoms with van der Waals surface area (Å²) < 4.78 is 4.51. The highest BCUT2D eigenvalue weighted by atomic mass is 16.5. The van der Waals surface area contributed by atoms with Gasteiger partial charge >= 0.3 is 5.97 Å². The van der Waals surface area contributed by atoms with E-state index in [0.717, 1.165) is 0 Å². The van der Waals surface area contributed by atoms with Gasteiger partial charge in [0.25, 0.3) is 5.91 Å². The fourth-order valence-corrected chi connectivity index (χ4v) is 1.06.